The number of thiophene rings is 1. The molecular formula is C10H16N2O3S2. The number of nitrogens with two attached hydrogens (primary N) is 1. The summed E-state index contributed by atoms with van der Waals surface area (Å²) >= 11 is 1.09. The van der Waals surface area contributed by atoms with Crippen molar-refractivity contribution in [3.8, 4) is 0 Å². The van der Waals surface area contributed by atoms with Crippen LogP contribution in [-0.2, 0) is 10.0 Å². The zero-order valence-electron chi connectivity index (χ0n) is 9.98. The van der Waals surface area contributed by atoms with E-state index in [0.29, 0.717) is 11.3 Å². The van der Waals surface area contributed by atoms with Gasteiger partial charge >= 0.3 is 0 Å². The van der Waals surface area contributed by atoms with Crippen LogP contribution in [0.25, 0.3) is 0 Å². The van der Waals surface area contributed by atoms with Crippen molar-refractivity contribution in [3.63, 3.8) is 0 Å². The van der Waals surface area contributed by atoms with E-state index >= 15 is 0 Å². The van der Waals surface area contributed by atoms with Crippen LogP contribution in [0.5, 0.6) is 0 Å². The molecule has 0 spiro atoms. The second-order valence-electron chi connectivity index (χ2n) is 3.83. The highest BCUT2D eigenvalue weighted by atomic mass is 32.2. The maximum atomic E-state index is 12.0. The van der Waals surface area contributed by atoms with Gasteiger partial charge in [-0.1, -0.05) is 6.92 Å². The van der Waals surface area contributed by atoms with Crippen LogP contribution in [-0.4, -0.2) is 20.4 Å². The van der Waals surface area contributed by atoms with Gasteiger partial charge in [0.2, 0.25) is 10.0 Å². The Kier molecular flexibility index (Phi) is 4.29. The van der Waals surface area contributed by atoms with Crippen LogP contribution < -0.4 is 10.5 Å². The predicted octanol–water partition coefficient (Wildman–Crippen LogP) is 1.23. The molecule has 0 aromatic carbocycles. The molecule has 0 aliphatic heterocycles. The monoisotopic (exact) mass is 276 g/mol. The lowest BCUT2D eigenvalue weighted by Crippen LogP contribution is -2.32. The maximum absolute atomic E-state index is 12.0. The molecular weight excluding hydrogens is 260 g/mol. The van der Waals surface area contributed by atoms with Gasteiger partial charge in [-0.05, 0) is 26.3 Å². The summed E-state index contributed by atoms with van der Waals surface area (Å²) in [5, 5.41) is 0. The fourth-order valence-electron chi connectivity index (χ4n) is 1.27. The fourth-order valence-corrected chi connectivity index (χ4v) is 4.04. The summed E-state index contributed by atoms with van der Waals surface area (Å²) in [6, 6.07) is 1.18. The second kappa shape index (κ2) is 5.16. The highest BCUT2D eigenvalue weighted by Gasteiger charge is 2.22. The van der Waals surface area contributed by atoms with E-state index in [1.165, 1.54) is 6.07 Å². The van der Waals surface area contributed by atoms with E-state index in [-0.39, 0.29) is 15.8 Å². The summed E-state index contributed by atoms with van der Waals surface area (Å²) in [6.45, 7) is 5.33. The Morgan fingerprint density at radius 1 is 1.59 bits per heavy atom. The standard InChI is InChI=1S/C10H16N2O3S2/c1-4-6(2)12-17(14,15)9-5-8(10(11)13)16-7(9)3/h5-6,12H,4H2,1-3H3,(H2,11,13)/t6-/m1/s1. The van der Waals surface area contributed by atoms with Crippen molar-refractivity contribution in [1.82, 2.24) is 4.72 Å². The molecule has 5 nitrogen and oxygen atoms in total. The molecule has 3 N–H and O–H groups in total. The summed E-state index contributed by atoms with van der Waals surface area (Å²) in [6.07, 6.45) is 0.699. The fraction of sp³-hybridized carbons (Fsp3) is 0.500. The lowest BCUT2D eigenvalue weighted by Gasteiger charge is -2.11. The molecule has 1 aromatic heterocycles. The van der Waals surface area contributed by atoms with Crippen LogP contribution in [0.4, 0.5) is 0 Å². The Labute approximate surface area is 105 Å². The molecule has 1 rings (SSSR count). The highest BCUT2D eigenvalue weighted by Crippen LogP contribution is 2.25. The Morgan fingerprint density at radius 2 is 2.18 bits per heavy atom. The van der Waals surface area contributed by atoms with E-state index in [9.17, 15) is 13.2 Å². The summed E-state index contributed by atoms with van der Waals surface area (Å²) < 4.78 is 26.5. The molecule has 1 heterocycles. The minimum atomic E-state index is -3.56. The zero-order valence-corrected chi connectivity index (χ0v) is 11.6. The van der Waals surface area contributed by atoms with Crippen LogP contribution in [0.15, 0.2) is 11.0 Å². The number of aryl methyl sites for hydroxylation is 1. The Hall–Kier alpha value is -0.920. The summed E-state index contributed by atoms with van der Waals surface area (Å²) in [7, 11) is -3.56. The summed E-state index contributed by atoms with van der Waals surface area (Å²) in [5.74, 6) is -0.608. The number of nitrogens with one attached hydrogen (secondary N) is 1. The van der Waals surface area contributed by atoms with Crippen molar-refractivity contribution >= 4 is 27.3 Å². The van der Waals surface area contributed by atoms with Gasteiger partial charge in [0.1, 0.15) is 0 Å². The number of carbonyl (C=O) groups is 1. The molecule has 0 radical (unpaired) electrons. The van der Waals surface area contributed by atoms with E-state index in [0.717, 1.165) is 11.3 Å². The summed E-state index contributed by atoms with van der Waals surface area (Å²) in [5.41, 5.74) is 5.12. The first-order valence-corrected chi connectivity index (χ1v) is 7.50. The molecule has 0 aliphatic carbocycles. The molecule has 0 aliphatic rings. The van der Waals surface area contributed by atoms with Crippen LogP contribution in [0.3, 0.4) is 0 Å². The van der Waals surface area contributed by atoms with Crippen LogP contribution in [0, 0.1) is 6.92 Å². The first kappa shape index (κ1) is 14.1. The normalized spacial score (nSPS) is 13.6. The predicted molar refractivity (Wildman–Crippen MR) is 67.6 cm³/mol. The number of carbonyl (C=O) groups excluding carboxylic acids is 1. The van der Waals surface area contributed by atoms with Gasteiger partial charge in [-0.15, -0.1) is 11.3 Å². The van der Waals surface area contributed by atoms with E-state index in [1.807, 2.05) is 6.92 Å². The molecule has 0 saturated carbocycles. The Bertz CT molecular complexity index is 520. The highest BCUT2D eigenvalue weighted by molar-refractivity contribution is 7.89. The minimum absolute atomic E-state index is 0.136. The molecule has 0 fully saturated rings. The van der Waals surface area contributed by atoms with Crippen molar-refractivity contribution in [2.75, 3.05) is 0 Å². The zero-order chi connectivity index (χ0) is 13.2. The summed E-state index contributed by atoms with van der Waals surface area (Å²) in [4.78, 5) is 11.9. The number of amides is 1. The van der Waals surface area contributed by atoms with Gasteiger partial charge in [-0.25, -0.2) is 13.1 Å². The maximum Gasteiger partial charge on any atom is 0.258 e. The van der Waals surface area contributed by atoms with Crippen molar-refractivity contribution in [1.29, 1.82) is 0 Å². The third-order valence-corrected chi connectivity index (χ3v) is 5.28. The quantitative estimate of drug-likeness (QED) is 0.847. The number of hydrogen-bond acceptors (Lipinski definition) is 4. The van der Waals surface area contributed by atoms with Gasteiger partial charge in [-0.2, -0.15) is 0 Å². The second-order valence-corrected chi connectivity index (χ2v) is 6.76. The molecule has 0 unspecified atom stereocenters. The van der Waals surface area contributed by atoms with E-state index < -0.39 is 15.9 Å². The molecule has 96 valence electrons. The first-order chi connectivity index (χ1) is 7.77. The third kappa shape index (κ3) is 3.27. The van der Waals surface area contributed by atoms with E-state index in [4.69, 9.17) is 5.73 Å². The molecule has 1 amide bonds. The molecule has 1 atom stereocenters. The number of rotatable bonds is 5. The lowest BCUT2D eigenvalue weighted by molar-refractivity contribution is 0.100. The minimum Gasteiger partial charge on any atom is -0.365 e. The molecule has 0 saturated heterocycles. The Balaban J connectivity index is 3.11. The van der Waals surface area contributed by atoms with Crippen LogP contribution >= 0.6 is 11.3 Å². The van der Waals surface area contributed by atoms with E-state index in [1.54, 1.807) is 13.8 Å². The molecule has 1 aromatic rings. The topological polar surface area (TPSA) is 89.3 Å². The molecule has 17 heavy (non-hydrogen) atoms. The largest absolute Gasteiger partial charge is 0.365 e. The number of hydrogen-bond donors (Lipinski definition) is 2. The number of primary amides is 1. The lowest BCUT2D eigenvalue weighted by atomic mass is 10.3. The van der Waals surface area contributed by atoms with Crippen molar-refractivity contribution < 1.29 is 13.2 Å². The van der Waals surface area contributed by atoms with Gasteiger partial charge in [0, 0.05) is 10.9 Å². The van der Waals surface area contributed by atoms with Crippen molar-refractivity contribution in [2.24, 2.45) is 5.73 Å². The molecule has 7 heteroatoms. The van der Waals surface area contributed by atoms with Gasteiger partial charge in [0.25, 0.3) is 5.91 Å². The van der Waals surface area contributed by atoms with Gasteiger partial charge in [-0.3, -0.25) is 4.79 Å². The van der Waals surface area contributed by atoms with Gasteiger partial charge in [0.05, 0.1) is 9.77 Å². The Morgan fingerprint density at radius 3 is 2.59 bits per heavy atom. The van der Waals surface area contributed by atoms with Crippen molar-refractivity contribution in [3.05, 3.63) is 15.8 Å². The smallest absolute Gasteiger partial charge is 0.258 e. The molecule has 0 bridgehead atoms. The van der Waals surface area contributed by atoms with Gasteiger partial charge in [0.15, 0.2) is 0 Å². The first-order valence-electron chi connectivity index (χ1n) is 5.20. The van der Waals surface area contributed by atoms with Crippen LogP contribution in [0.2, 0.25) is 0 Å². The van der Waals surface area contributed by atoms with Crippen LogP contribution in [0.1, 0.15) is 34.8 Å². The average molecular weight is 276 g/mol. The third-order valence-electron chi connectivity index (χ3n) is 2.37. The van der Waals surface area contributed by atoms with E-state index in [2.05, 4.69) is 4.72 Å². The SMILES string of the molecule is CC[C@@H](C)NS(=O)(=O)c1cc(C(N)=O)sc1C. The van der Waals surface area contributed by atoms with Crippen molar-refractivity contribution in [2.45, 2.75) is 38.1 Å². The number of sulfonamides is 1. The average Bonchev–Trinajstić information content (AvgIpc) is 2.60. The van der Waals surface area contributed by atoms with Gasteiger partial charge < -0.3 is 5.73 Å².